The summed E-state index contributed by atoms with van der Waals surface area (Å²) in [6.07, 6.45) is 4.28. The molecule has 2 aliphatic rings. The van der Waals surface area contributed by atoms with Crippen molar-refractivity contribution >= 4 is 11.8 Å². The highest BCUT2D eigenvalue weighted by Gasteiger charge is 2.35. The van der Waals surface area contributed by atoms with Crippen LogP contribution in [-0.2, 0) is 16.1 Å². The molecule has 120 valence electrons. The average Bonchev–Trinajstić information content (AvgIpc) is 3.05. The van der Waals surface area contributed by atoms with Crippen LogP contribution in [0.4, 0.5) is 0 Å². The highest BCUT2D eigenvalue weighted by Crippen LogP contribution is 2.22. The molecular weight excluding hydrogens is 280 g/mol. The van der Waals surface area contributed by atoms with Gasteiger partial charge in [0.15, 0.2) is 0 Å². The van der Waals surface area contributed by atoms with Crippen LogP contribution >= 0.6 is 0 Å². The zero-order valence-electron chi connectivity index (χ0n) is 13.3. The van der Waals surface area contributed by atoms with Crippen molar-refractivity contribution in [3.8, 4) is 0 Å². The fraction of sp³-hybridized carbons (Fsp3) is 0.688. The molecule has 0 aliphatic carbocycles. The molecule has 0 radical (unpaired) electrons. The van der Waals surface area contributed by atoms with E-state index in [9.17, 15) is 9.59 Å². The molecule has 1 aromatic heterocycles. The van der Waals surface area contributed by atoms with Gasteiger partial charge in [-0.25, -0.2) is 0 Å². The molecule has 2 aliphatic heterocycles. The minimum Gasteiger partial charge on any atom is -0.344 e. The van der Waals surface area contributed by atoms with Crippen LogP contribution in [-0.4, -0.2) is 45.1 Å². The second-order valence-corrected chi connectivity index (χ2v) is 6.45. The topological polar surface area (TPSA) is 67.2 Å². The number of nitrogens with zero attached hydrogens (tertiary/aromatic N) is 3. The molecule has 2 amide bonds. The molecule has 0 unspecified atom stereocenters. The van der Waals surface area contributed by atoms with E-state index in [2.05, 4.69) is 16.5 Å². The van der Waals surface area contributed by atoms with Gasteiger partial charge in [-0.3, -0.25) is 14.3 Å². The molecule has 1 N–H and O–H groups in total. The number of hydrogen-bond donors (Lipinski definition) is 1. The van der Waals surface area contributed by atoms with Crippen molar-refractivity contribution in [3.63, 3.8) is 0 Å². The van der Waals surface area contributed by atoms with Gasteiger partial charge in [-0.15, -0.1) is 0 Å². The molecular formula is C16H24N4O2. The van der Waals surface area contributed by atoms with E-state index in [0.29, 0.717) is 12.8 Å². The van der Waals surface area contributed by atoms with E-state index in [0.717, 1.165) is 43.7 Å². The number of hydrogen-bond acceptors (Lipinski definition) is 3. The first-order valence-corrected chi connectivity index (χ1v) is 8.15. The summed E-state index contributed by atoms with van der Waals surface area (Å²) in [5.41, 5.74) is 2.14. The fourth-order valence-corrected chi connectivity index (χ4v) is 3.54. The van der Waals surface area contributed by atoms with Crippen LogP contribution in [0.15, 0.2) is 6.07 Å². The minimum atomic E-state index is -0.325. The lowest BCUT2D eigenvalue weighted by atomic mass is 10.0. The van der Waals surface area contributed by atoms with Gasteiger partial charge in [0.1, 0.15) is 6.04 Å². The third kappa shape index (κ3) is 3.00. The molecule has 6 nitrogen and oxygen atoms in total. The second-order valence-electron chi connectivity index (χ2n) is 6.45. The van der Waals surface area contributed by atoms with E-state index in [1.165, 1.54) is 0 Å². The summed E-state index contributed by atoms with van der Waals surface area (Å²) in [6.45, 7) is 5.56. The number of carbonyl (C=O) groups excluding carboxylic acids is 2. The van der Waals surface area contributed by atoms with Gasteiger partial charge >= 0.3 is 0 Å². The number of aryl methyl sites for hydroxylation is 2. The molecule has 6 heteroatoms. The van der Waals surface area contributed by atoms with Crippen LogP contribution in [0.1, 0.15) is 43.5 Å². The Morgan fingerprint density at radius 2 is 2.18 bits per heavy atom. The standard InChI is InChI=1S/C16H24N4O2/c1-11-9-12(2)20(18-11)10-13-5-3-4-8-19(13)16(22)14-6-7-15(21)17-14/h9,13-14H,3-8,10H2,1-2H3,(H,17,21)/t13-,14+/m1/s1. The fourth-order valence-electron chi connectivity index (χ4n) is 3.54. The van der Waals surface area contributed by atoms with Gasteiger partial charge in [-0.05, 0) is 45.6 Å². The van der Waals surface area contributed by atoms with Gasteiger partial charge in [0.25, 0.3) is 0 Å². The first-order chi connectivity index (χ1) is 10.5. The number of nitrogens with one attached hydrogen (secondary N) is 1. The second kappa shape index (κ2) is 6.10. The summed E-state index contributed by atoms with van der Waals surface area (Å²) in [4.78, 5) is 26.1. The number of carbonyl (C=O) groups is 2. The Bertz CT molecular complexity index is 581. The van der Waals surface area contributed by atoms with Gasteiger partial charge in [0, 0.05) is 18.7 Å². The molecule has 1 aromatic rings. The van der Waals surface area contributed by atoms with Crippen LogP contribution < -0.4 is 5.32 Å². The normalized spacial score (nSPS) is 25.4. The van der Waals surface area contributed by atoms with Gasteiger partial charge in [-0.1, -0.05) is 0 Å². The average molecular weight is 304 g/mol. The van der Waals surface area contributed by atoms with Crippen molar-refractivity contribution in [3.05, 3.63) is 17.5 Å². The predicted molar refractivity (Wildman–Crippen MR) is 82.2 cm³/mol. The van der Waals surface area contributed by atoms with Crippen molar-refractivity contribution < 1.29 is 9.59 Å². The molecule has 0 saturated carbocycles. The summed E-state index contributed by atoms with van der Waals surface area (Å²) in [6, 6.07) is 1.91. The van der Waals surface area contributed by atoms with Crippen molar-refractivity contribution in [1.29, 1.82) is 0 Å². The number of likely N-dealkylation sites (tertiary alicyclic amines) is 1. The third-order valence-corrected chi connectivity index (χ3v) is 4.69. The maximum atomic E-state index is 12.7. The molecule has 3 rings (SSSR count). The van der Waals surface area contributed by atoms with Crippen molar-refractivity contribution in [2.24, 2.45) is 0 Å². The molecule has 2 fully saturated rings. The van der Waals surface area contributed by atoms with Gasteiger partial charge in [0.2, 0.25) is 11.8 Å². The van der Waals surface area contributed by atoms with Gasteiger partial charge in [0.05, 0.1) is 18.3 Å². The lowest BCUT2D eigenvalue weighted by molar-refractivity contribution is -0.138. The first kappa shape index (κ1) is 15.1. The SMILES string of the molecule is Cc1cc(C)n(C[C@H]2CCCCN2C(=O)[C@@H]2CCC(=O)N2)n1. The first-order valence-electron chi connectivity index (χ1n) is 8.15. The molecule has 0 spiro atoms. The van der Waals surface area contributed by atoms with Crippen LogP contribution in [0, 0.1) is 13.8 Å². The summed E-state index contributed by atoms with van der Waals surface area (Å²) in [5.74, 6) is 0.0718. The Kier molecular flexibility index (Phi) is 4.18. The quantitative estimate of drug-likeness (QED) is 0.911. The number of rotatable bonds is 3. The largest absolute Gasteiger partial charge is 0.344 e. The molecule has 0 bridgehead atoms. The molecule has 2 atom stereocenters. The van der Waals surface area contributed by atoms with E-state index in [4.69, 9.17) is 0 Å². The number of aromatic nitrogens is 2. The monoisotopic (exact) mass is 304 g/mol. The van der Waals surface area contributed by atoms with E-state index >= 15 is 0 Å². The van der Waals surface area contributed by atoms with Crippen LogP contribution in [0.2, 0.25) is 0 Å². The van der Waals surface area contributed by atoms with E-state index in [1.54, 1.807) is 0 Å². The maximum absolute atomic E-state index is 12.7. The highest BCUT2D eigenvalue weighted by molar-refractivity contribution is 5.91. The Balaban J connectivity index is 1.72. The molecule has 0 aromatic carbocycles. The smallest absolute Gasteiger partial charge is 0.245 e. The van der Waals surface area contributed by atoms with Gasteiger partial charge in [-0.2, -0.15) is 5.10 Å². The van der Waals surface area contributed by atoms with Gasteiger partial charge < -0.3 is 10.2 Å². The number of amides is 2. The van der Waals surface area contributed by atoms with E-state index in [-0.39, 0.29) is 23.9 Å². The van der Waals surface area contributed by atoms with Crippen molar-refractivity contribution in [2.75, 3.05) is 6.54 Å². The lowest BCUT2D eigenvalue weighted by Gasteiger charge is -2.37. The summed E-state index contributed by atoms with van der Waals surface area (Å²) >= 11 is 0. The summed E-state index contributed by atoms with van der Waals surface area (Å²) in [7, 11) is 0. The molecule has 3 heterocycles. The van der Waals surface area contributed by atoms with Crippen LogP contribution in [0.5, 0.6) is 0 Å². The maximum Gasteiger partial charge on any atom is 0.245 e. The van der Waals surface area contributed by atoms with Crippen molar-refractivity contribution in [1.82, 2.24) is 20.0 Å². The highest BCUT2D eigenvalue weighted by atomic mass is 16.2. The Morgan fingerprint density at radius 3 is 2.82 bits per heavy atom. The summed E-state index contributed by atoms with van der Waals surface area (Å²) in [5, 5.41) is 7.31. The summed E-state index contributed by atoms with van der Waals surface area (Å²) < 4.78 is 2.00. The van der Waals surface area contributed by atoms with Crippen molar-refractivity contribution in [2.45, 2.75) is 64.6 Å². The van der Waals surface area contributed by atoms with Crippen LogP contribution in [0.3, 0.4) is 0 Å². The zero-order chi connectivity index (χ0) is 15.7. The molecule has 22 heavy (non-hydrogen) atoms. The predicted octanol–water partition coefficient (Wildman–Crippen LogP) is 1.16. The van der Waals surface area contributed by atoms with Crippen LogP contribution in [0.25, 0.3) is 0 Å². The Labute approximate surface area is 130 Å². The lowest BCUT2D eigenvalue weighted by Crippen LogP contribution is -2.52. The third-order valence-electron chi connectivity index (χ3n) is 4.69. The van der Waals surface area contributed by atoms with E-state index < -0.39 is 0 Å². The Morgan fingerprint density at radius 1 is 1.36 bits per heavy atom. The van der Waals surface area contributed by atoms with E-state index in [1.807, 2.05) is 23.4 Å². The zero-order valence-corrected chi connectivity index (χ0v) is 13.3. The number of piperidine rings is 1. The minimum absolute atomic E-state index is 0.00884. The Hall–Kier alpha value is -1.85. The molecule has 2 saturated heterocycles.